The fraction of sp³-hybridized carbons (Fsp3) is 0.250. The zero-order valence-electron chi connectivity index (χ0n) is 11.1. The van der Waals surface area contributed by atoms with Crippen LogP contribution in [0.25, 0.3) is 10.8 Å². The maximum atomic E-state index is 11.6. The Balaban J connectivity index is 2.69. The molecule has 0 bridgehead atoms. The van der Waals surface area contributed by atoms with Gasteiger partial charge in [0.1, 0.15) is 0 Å². The third-order valence-corrected chi connectivity index (χ3v) is 3.29. The molecule has 3 nitrogen and oxygen atoms in total. The molecule has 3 heteroatoms. The lowest BCUT2D eigenvalue weighted by atomic mass is 9.88. The first-order chi connectivity index (χ1) is 9.13. The van der Waals surface area contributed by atoms with Gasteiger partial charge in [-0.25, -0.2) is 0 Å². The highest BCUT2D eigenvalue weighted by molar-refractivity contribution is 5.90. The van der Waals surface area contributed by atoms with Crippen LogP contribution < -0.4 is 0 Å². The van der Waals surface area contributed by atoms with Gasteiger partial charge in [0.05, 0.1) is 0 Å². The van der Waals surface area contributed by atoms with E-state index in [0.717, 1.165) is 22.6 Å². The van der Waals surface area contributed by atoms with Crippen molar-refractivity contribution in [1.82, 2.24) is 0 Å². The van der Waals surface area contributed by atoms with Gasteiger partial charge in [-0.05, 0) is 17.2 Å². The number of ether oxygens (including phenoxy) is 1. The Labute approximate surface area is 112 Å². The highest BCUT2D eigenvalue weighted by atomic mass is 16.6. The molecule has 98 valence electrons. The molecule has 0 saturated heterocycles. The molecule has 0 amide bonds. The number of esters is 1. The summed E-state index contributed by atoms with van der Waals surface area (Å²) in [4.78, 5) is 22.9. The summed E-state index contributed by atoms with van der Waals surface area (Å²) in [6.07, 6.45) is 1.13. The fourth-order valence-electron chi connectivity index (χ4n) is 2.34. The topological polar surface area (TPSA) is 43.4 Å². The minimum Gasteiger partial charge on any atom is -0.447 e. The lowest BCUT2D eigenvalue weighted by molar-refractivity contribution is -0.162. The van der Waals surface area contributed by atoms with Crippen LogP contribution in [0.15, 0.2) is 42.5 Å². The molecule has 0 aliphatic rings. The number of fused-ring (bicyclic) bond motifs is 1. The van der Waals surface area contributed by atoms with E-state index >= 15 is 0 Å². The Morgan fingerprint density at radius 3 is 2.53 bits per heavy atom. The Kier molecular flexibility index (Phi) is 3.65. The largest absolute Gasteiger partial charge is 0.447 e. The third kappa shape index (κ3) is 2.36. The zero-order valence-corrected chi connectivity index (χ0v) is 11.1. The molecule has 0 heterocycles. The second kappa shape index (κ2) is 5.22. The normalized spacial score (nSPS) is 13.8. The van der Waals surface area contributed by atoms with E-state index in [1.807, 2.05) is 49.4 Å². The average Bonchev–Trinajstić information content (AvgIpc) is 2.44. The van der Waals surface area contributed by atoms with Crippen LogP contribution >= 0.6 is 0 Å². The van der Waals surface area contributed by atoms with Crippen LogP contribution in [0, 0.1) is 0 Å². The van der Waals surface area contributed by atoms with Gasteiger partial charge in [-0.1, -0.05) is 49.4 Å². The maximum absolute atomic E-state index is 11.6. The van der Waals surface area contributed by atoms with Gasteiger partial charge in [-0.3, -0.25) is 9.59 Å². The summed E-state index contributed by atoms with van der Waals surface area (Å²) in [7, 11) is 0. The van der Waals surface area contributed by atoms with E-state index in [1.165, 1.54) is 6.92 Å². The lowest BCUT2D eigenvalue weighted by Gasteiger charge is -2.28. The summed E-state index contributed by atoms with van der Waals surface area (Å²) in [6.45, 7) is 3.15. The molecule has 2 rings (SSSR count). The van der Waals surface area contributed by atoms with Crippen LogP contribution in [0.2, 0.25) is 0 Å². The Morgan fingerprint density at radius 1 is 1.21 bits per heavy atom. The van der Waals surface area contributed by atoms with E-state index in [1.54, 1.807) is 0 Å². The van der Waals surface area contributed by atoms with Crippen LogP contribution in [-0.2, 0) is 19.9 Å². The van der Waals surface area contributed by atoms with Crippen molar-refractivity contribution in [3.63, 3.8) is 0 Å². The standard InChI is InChI=1S/C16H16O3/c1-3-16(11-17,19-12(2)18)15-10-6-8-13-7-4-5-9-14(13)15/h4-11H,3H2,1-2H3. The molecule has 19 heavy (non-hydrogen) atoms. The molecule has 1 atom stereocenters. The smallest absolute Gasteiger partial charge is 0.303 e. The molecule has 0 aromatic heterocycles. The molecular formula is C16H16O3. The van der Waals surface area contributed by atoms with Gasteiger partial charge in [0.2, 0.25) is 0 Å². The van der Waals surface area contributed by atoms with Crippen LogP contribution in [0.4, 0.5) is 0 Å². The van der Waals surface area contributed by atoms with Crippen molar-refractivity contribution in [3.05, 3.63) is 48.0 Å². The van der Waals surface area contributed by atoms with Crippen LogP contribution in [-0.4, -0.2) is 12.3 Å². The predicted octanol–water partition coefficient (Wildman–Crippen LogP) is 3.21. The molecule has 0 N–H and O–H groups in total. The number of aldehydes is 1. The lowest BCUT2D eigenvalue weighted by Crippen LogP contribution is -2.33. The first-order valence-electron chi connectivity index (χ1n) is 6.27. The van der Waals surface area contributed by atoms with Crippen molar-refractivity contribution in [2.75, 3.05) is 0 Å². The van der Waals surface area contributed by atoms with Gasteiger partial charge in [0.25, 0.3) is 0 Å². The minimum absolute atomic E-state index is 0.407. The van der Waals surface area contributed by atoms with Gasteiger partial charge in [0, 0.05) is 12.5 Å². The first kappa shape index (κ1) is 13.3. The molecule has 0 saturated carbocycles. The highest BCUT2D eigenvalue weighted by Gasteiger charge is 2.34. The molecule has 0 fully saturated rings. The summed E-state index contributed by atoms with van der Waals surface area (Å²) in [5.74, 6) is -0.457. The zero-order chi connectivity index (χ0) is 13.9. The molecule has 0 radical (unpaired) electrons. The molecule has 2 aromatic carbocycles. The average molecular weight is 256 g/mol. The Morgan fingerprint density at radius 2 is 1.89 bits per heavy atom. The highest BCUT2D eigenvalue weighted by Crippen LogP contribution is 2.33. The number of rotatable bonds is 4. The van der Waals surface area contributed by atoms with Gasteiger partial charge in [-0.15, -0.1) is 0 Å². The minimum atomic E-state index is -1.20. The number of hydrogen-bond acceptors (Lipinski definition) is 3. The molecule has 0 aliphatic heterocycles. The summed E-state index contributed by atoms with van der Waals surface area (Å²) < 4.78 is 5.32. The molecule has 0 spiro atoms. The van der Waals surface area contributed by atoms with E-state index < -0.39 is 11.6 Å². The fourth-order valence-corrected chi connectivity index (χ4v) is 2.34. The van der Waals surface area contributed by atoms with Gasteiger partial charge in [-0.2, -0.15) is 0 Å². The van der Waals surface area contributed by atoms with E-state index in [0.29, 0.717) is 6.42 Å². The third-order valence-electron chi connectivity index (χ3n) is 3.29. The van der Waals surface area contributed by atoms with Crippen molar-refractivity contribution >= 4 is 23.0 Å². The van der Waals surface area contributed by atoms with Crippen molar-refractivity contribution in [2.24, 2.45) is 0 Å². The molecule has 1 unspecified atom stereocenters. The Hall–Kier alpha value is -2.16. The molecular weight excluding hydrogens is 240 g/mol. The van der Waals surface area contributed by atoms with Crippen molar-refractivity contribution in [3.8, 4) is 0 Å². The number of carbonyl (C=O) groups is 2. The summed E-state index contributed by atoms with van der Waals surface area (Å²) in [6, 6.07) is 13.4. The van der Waals surface area contributed by atoms with Crippen molar-refractivity contribution in [1.29, 1.82) is 0 Å². The van der Waals surface area contributed by atoms with Gasteiger partial charge >= 0.3 is 5.97 Å². The van der Waals surface area contributed by atoms with Gasteiger partial charge in [0.15, 0.2) is 11.9 Å². The summed E-state index contributed by atoms with van der Waals surface area (Å²) in [5, 5.41) is 1.95. The summed E-state index contributed by atoms with van der Waals surface area (Å²) >= 11 is 0. The summed E-state index contributed by atoms with van der Waals surface area (Å²) in [5.41, 5.74) is -0.467. The maximum Gasteiger partial charge on any atom is 0.303 e. The second-order valence-corrected chi connectivity index (χ2v) is 4.48. The number of benzene rings is 2. The van der Waals surface area contributed by atoms with Crippen molar-refractivity contribution in [2.45, 2.75) is 25.9 Å². The quantitative estimate of drug-likeness (QED) is 0.623. The van der Waals surface area contributed by atoms with E-state index in [4.69, 9.17) is 4.74 Å². The van der Waals surface area contributed by atoms with Crippen LogP contribution in [0.1, 0.15) is 25.8 Å². The van der Waals surface area contributed by atoms with E-state index in [-0.39, 0.29) is 0 Å². The monoisotopic (exact) mass is 256 g/mol. The second-order valence-electron chi connectivity index (χ2n) is 4.48. The molecule has 2 aromatic rings. The van der Waals surface area contributed by atoms with E-state index in [9.17, 15) is 9.59 Å². The number of hydrogen-bond donors (Lipinski definition) is 0. The van der Waals surface area contributed by atoms with E-state index in [2.05, 4.69) is 0 Å². The van der Waals surface area contributed by atoms with Crippen molar-refractivity contribution < 1.29 is 14.3 Å². The first-order valence-corrected chi connectivity index (χ1v) is 6.27. The SMILES string of the molecule is CCC(C=O)(OC(C)=O)c1cccc2ccccc12. The van der Waals surface area contributed by atoms with Crippen LogP contribution in [0.5, 0.6) is 0 Å². The van der Waals surface area contributed by atoms with Gasteiger partial charge < -0.3 is 4.74 Å². The Bertz CT molecular complexity index is 613. The predicted molar refractivity (Wildman–Crippen MR) is 73.7 cm³/mol. The number of carbonyl (C=O) groups excluding carboxylic acids is 2. The molecule has 0 aliphatic carbocycles. The van der Waals surface area contributed by atoms with Crippen LogP contribution in [0.3, 0.4) is 0 Å².